The van der Waals surface area contributed by atoms with Gasteiger partial charge in [0.15, 0.2) is 0 Å². The van der Waals surface area contributed by atoms with Gasteiger partial charge >= 0.3 is 0 Å². The van der Waals surface area contributed by atoms with Crippen LogP contribution in [0.3, 0.4) is 0 Å². The molecule has 0 aliphatic carbocycles. The lowest BCUT2D eigenvalue weighted by molar-refractivity contribution is 0.306. The van der Waals surface area contributed by atoms with Crippen molar-refractivity contribution in [2.75, 3.05) is 13.2 Å². The topological polar surface area (TPSA) is 18.5 Å². The van der Waals surface area contributed by atoms with Gasteiger partial charge < -0.3 is 9.47 Å². The van der Waals surface area contributed by atoms with Crippen LogP contribution in [0.4, 0.5) is 0 Å². The number of hydrogen-bond donors (Lipinski definition) is 0. The van der Waals surface area contributed by atoms with E-state index in [4.69, 9.17) is 9.47 Å². The van der Waals surface area contributed by atoms with Crippen molar-refractivity contribution in [2.24, 2.45) is 0 Å². The Bertz CT molecular complexity index is 531. The largest absolute Gasteiger partial charge is 0.494 e. The van der Waals surface area contributed by atoms with E-state index in [0.717, 1.165) is 50.4 Å². The Kier molecular flexibility index (Phi) is 9.71. The van der Waals surface area contributed by atoms with Crippen molar-refractivity contribution in [1.82, 2.24) is 0 Å². The summed E-state index contributed by atoms with van der Waals surface area (Å²) in [6.45, 7) is 6.06. The number of unbranched alkanes of at least 4 members (excludes halogenated alkanes) is 4. The molecule has 0 fully saturated rings. The van der Waals surface area contributed by atoms with Crippen molar-refractivity contribution in [3.05, 3.63) is 59.7 Å². The van der Waals surface area contributed by atoms with Crippen LogP contribution in [0.1, 0.15) is 63.5 Å². The molecule has 0 aromatic heterocycles. The van der Waals surface area contributed by atoms with Gasteiger partial charge in [0.05, 0.1) is 13.2 Å². The second-order valence-electron chi connectivity index (χ2n) is 6.90. The zero-order valence-electron chi connectivity index (χ0n) is 16.5. The molecule has 2 aromatic rings. The smallest absolute Gasteiger partial charge is 0.119 e. The first kappa shape index (κ1) is 20.4. The van der Waals surface area contributed by atoms with Crippen molar-refractivity contribution in [3.8, 4) is 11.5 Å². The summed E-state index contributed by atoms with van der Waals surface area (Å²) in [6.07, 6.45) is 9.30. The van der Waals surface area contributed by atoms with Gasteiger partial charge in [0, 0.05) is 0 Å². The highest BCUT2D eigenvalue weighted by atomic mass is 16.5. The third-order valence-electron chi connectivity index (χ3n) is 4.58. The maximum atomic E-state index is 5.77. The minimum absolute atomic E-state index is 0.819. The highest BCUT2D eigenvalue weighted by molar-refractivity contribution is 5.30. The molecule has 142 valence electrons. The molecule has 2 rings (SSSR count). The average molecular weight is 355 g/mol. The Morgan fingerprint density at radius 3 is 1.27 bits per heavy atom. The van der Waals surface area contributed by atoms with E-state index in [-0.39, 0.29) is 0 Å². The zero-order chi connectivity index (χ0) is 18.5. The van der Waals surface area contributed by atoms with Crippen molar-refractivity contribution < 1.29 is 9.47 Å². The third-order valence-corrected chi connectivity index (χ3v) is 4.58. The lowest BCUT2D eigenvalue weighted by Gasteiger charge is -2.08. The van der Waals surface area contributed by atoms with Crippen LogP contribution in [0.25, 0.3) is 0 Å². The number of ether oxygens (including phenoxy) is 2. The summed E-state index contributed by atoms with van der Waals surface area (Å²) in [6, 6.07) is 17.1. The first-order valence-corrected chi connectivity index (χ1v) is 10.2. The summed E-state index contributed by atoms with van der Waals surface area (Å²) in [7, 11) is 0. The lowest BCUT2D eigenvalue weighted by Crippen LogP contribution is -1.98. The molecular weight excluding hydrogens is 320 g/mol. The summed E-state index contributed by atoms with van der Waals surface area (Å²) in [5.41, 5.74) is 2.71. The average Bonchev–Trinajstić information content (AvgIpc) is 2.69. The molecule has 0 saturated carbocycles. The molecule has 0 atom stereocenters. The Morgan fingerprint density at radius 1 is 0.538 bits per heavy atom. The van der Waals surface area contributed by atoms with E-state index in [1.165, 1.54) is 36.8 Å². The van der Waals surface area contributed by atoms with E-state index in [9.17, 15) is 0 Å². The molecule has 2 aromatic carbocycles. The van der Waals surface area contributed by atoms with Crippen LogP contribution in [0.15, 0.2) is 48.5 Å². The van der Waals surface area contributed by atoms with Gasteiger partial charge in [0.2, 0.25) is 0 Å². The lowest BCUT2D eigenvalue weighted by atomic mass is 10.0. The maximum absolute atomic E-state index is 5.77. The number of hydrogen-bond acceptors (Lipinski definition) is 2. The maximum Gasteiger partial charge on any atom is 0.119 e. The van der Waals surface area contributed by atoms with E-state index in [2.05, 4.69) is 62.4 Å². The second kappa shape index (κ2) is 12.4. The van der Waals surface area contributed by atoms with Crippen molar-refractivity contribution in [2.45, 2.75) is 65.2 Å². The third kappa shape index (κ3) is 7.95. The molecule has 0 spiro atoms. The predicted octanol–water partition coefficient (Wildman–Crippen LogP) is 6.61. The molecule has 26 heavy (non-hydrogen) atoms. The van der Waals surface area contributed by atoms with Crippen LogP contribution in [0, 0.1) is 0 Å². The van der Waals surface area contributed by atoms with Crippen LogP contribution in [-0.4, -0.2) is 13.2 Å². The molecule has 0 heterocycles. The SMILES string of the molecule is CCCCCOc1ccc(CCc2ccc(OCCCCC)cc2)cc1. The second-order valence-corrected chi connectivity index (χ2v) is 6.90. The van der Waals surface area contributed by atoms with Gasteiger partial charge in [-0.25, -0.2) is 0 Å². The van der Waals surface area contributed by atoms with E-state index in [1.807, 2.05) is 0 Å². The molecule has 0 aliphatic rings. The molecule has 0 radical (unpaired) electrons. The molecule has 0 bridgehead atoms. The van der Waals surface area contributed by atoms with Crippen molar-refractivity contribution in [1.29, 1.82) is 0 Å². The number of benzene rings is 2. The fourth-order valence-corrected chi connectivity index (χ4v) is 2.88. The number of aryl methyl sites for hydroxylation is 2. The Hall–Kier alpha value is -1.96. The summed E-state index contributed by atoms with van der Waals surface area (Å²) in [5, 5.41) is 0. The summed E-state index contributed by atoms with van der Waals surface area (Å²) in [5.74, 6) is 1.96. The first-order chi connectivity index (χ1) is 12.8. The fraction of sp³-hybridized carbons (Fsp3) is 0.500. The van der Waals surface area contributed by atoms with Gasteiger partial charge in [-0.3, -0.25) is 0 Å². The van der Waals surface area contributed by atoms with Crippen LogP contribution in [0.5, 0.6) is 11.5 Å². The summed E-state index contributed by atoms with van der Waals surface area (Å²) < 4.78 is 11.5. The minimum atomic E-state index is 0.819. The standard InChI is InChI=1S/C24H34O2/c1-3-5-7-19-25-23-15-11-21(12-16-23)9-10-22-13-17-24(18-14-22)26-20-8-6-4-2/h11-18H,3-10,19-20H2,1-2H3. The van der Waals surface area contributed by atoms with Crippen LogP contribution < -0.4 is 9.47 Å². The highest BCUT2D eigenvalue weighted by Crippen LogP contribution is 2.17. The van der Waals surface area contributed by atoms with E-state index in [1.54, 1.807) is 0 Å². The minimum Gasteiger partial charge on any atom is -0.494 e. The highest BCUT2D eigenvalue weighted by Gasteiger charge is 2.00. The molecule has 2 heteroatoms. The van der Waals surface area contributed by atoms with Gasteiger partial charge in [-0.1, -0.05) is 63.8 Å². The predicted molar refractivity (Wildman–Crippen MR) is 110 cm³/mol. The molecular formula is C24H34O2. The Labute approximate surface area is 159 Å². The Morgan fingerprint density at radius 2 is 0.923 bits per heavy atom. The van der Waals surface area contributed by atoms with Gasteiger partial charge in [0.1, 0.15) is 11.5 Å². The van der Waals surface area contributed by atoms with Crippen LogP contribution in [0.2, 0.25) is 0 Å². The molecule has 2 nitrogen and oxygen atoms in total. The molecule has 0 amide bonds. The molecule has 0 unspecified atom stereocenters. The van der Waals surface area contributed by atoms with Gasteiger partial charge in [0.25, 0.3) is 0 Å². The van der Waals surface area contributed by atoms with Crippen molar-refractivity contribution >= 4 is 0 Å². The normalized spacial score (nSPS) is 10.7. The number of rotatable bonds is 13. The molecule has 0 N–H and O–H groups in total. The monoisotopic (exact) mass is 354 g/mol. The quantitative estimate of drug-likeness (QED) is 0.377. The van der Waals surface area contributed by atoms with Gasteiger partial charge in [-0.15, -0.1) is 0 Å². The summed E-state index contributed by atoms with van der Waals surface area (Å²) >= 11 is 0. The first-order valence-electron chi connectivity index (χ1n) is 10.2. The van der Waals surface area contributed by atoms with E-state index < -0.39 is 0 Å². The molecule has 0 saturated heterocycles. The van der Waals surface area contributed by atoms with Crippen LogP contribution in [-0.2, 0) is 12.8 Å². The molecule has 0 aliphatic heterocycles. The van der Waals surface area contributed by atoms with Gasteiger partial charge in [-0.05, 0) is 61.1 Å². The van der Waals surface area contributed by atoms with Crippen LogP contribution >= 0.6 is 0 Å². The van der Waals surface area contributed by atoms with E-state index >= 15 is 0 Å². The zero-order valence-corrected chi connectivity index (χ0v) is 16.5. The Balaban J connectivity index is 1.70. The van der Waals surface area contributed by atoms with Crippen molar-refractivity contribution in [3.63, 3.8) is 0 Å². The van der Waals surface area contributed by atoms with E-state index in [0.29, 0.717) is 0 Å². The fourth-order valence-electron chi connectivity index (χ4n) is 2.88. The summed E-state index contributed by atoms with van der Waals surface area (Å²) in [4.78, 5) is 0. The van der Waals surface area contributed by atoms with Gasteiger partial charge in [-0.2, -0.15) is 0 Å².